The number of piperidine rings is 1. The molecule has 10 nitrogen and oxygen atoms in total. The summed E-state index contributed by atoms with van der Waals surface area (Å²) >= 11 is 1.66. The summed E-state index contributed by atoms with van der Waals surface area (Å²) in [4.78, 5) is 41.2. The van der Waals surface area contributed by atoms with E-state index in [1.807, 2.05) is 11.4 Å². The smallest absolute Gasteiger partial charge is 0.269 e. The second-order valence-electron chi connectivity index (χ2n) is 8.20. The summed E-state index contributed by atoms with van der Waals surface area (Å²) in [6.45, 7) is 2.28. The van der Waals surface area contributed by atoms with Crippen molar-refractivity contribution in [2.45, 2.75) is 38.0 Å². The van der Waals surface area contributed by atoms with Crippen molar-refractivity contribution in [1.29, 1.82) is 0 Å². The minimum atomic E-state index is -0.615. The lowest BCUT2D eigenvalue weighted by molar-refractivity contribution is -0.384. The van der Waals surface area contributed by atoms with Crippen LogP contribution in [0.4, 0.5) is 5.69 Å². The molecule has 2 aromatic rings. The fourth-order valence-corrected chi connectivity index (χ4v) is 4.95. The van der Waals surface area contributed by atoms with Crippen LogP contribution in [0.25, 0.3) is 0 Å². The molecular formula is C23H31N5O5S. The topological polar surface area (TPSA) is 131 Å². The summed E-state index contributed by atoms with van der Waals surface area (Å²) in [6, 6.07) is 10.0. The maximum absolute atomic E-state index is 12.9. The monoisotopic (exact) mass is 489 g/mol. The molecule has 2 heterocycles. The van der Waals surface area contributed by atoms with Crippen molar-refractivity contribution in [2.24, 2.45) is 5.73 Å². The van der Waals surface area contributed by atoms with Gasteiger partial charge in [-0.15, -0.1) is 11.3 Å². The van der Waals surface area contributed by atoms with E-state index in [1.165, 1.54) is 24.1 Å². The second kappa shape index (κ2) is 12.6. The summed E-state index contributed by atoms with van der Waals surface area (Å²) in [5.41, 5.74) is 6.55. The number of rotatable bonds is 11. The first-order valence-electron chi connectivity index (χ1n) is 11.2. The molecule has 2 atom stereocenters. The molecule has 2 amide bonds. The van der Waals surface area contributed by atoms with Crippen LogP contribution in [0.1, 0.15) is 23.3 Å². The zero-order valence-electron chi connectivity index (χ0n) is 19.2. The van der Waals surface area contributed by atoms with Gasteiger partial charge in [0.2, 0.25) is 11.8 Å². The van der Waals surface area contributed by atoms with Gasteiger partial charge in [-0.05, 0) is 29.9 Å². The van der Waals surface area contributed by atoms with Crippen LogP contribution in [0.5, 0.6) is 0 Å². The zero-order chi connectivity index (χ0) is 24.5. The van der Waals surface area contributed by atoms with Gasteiger partial charge in [0.05, 0.1) is 4.92 Å². The molecule has 1 unspecified atom stereocenters. The Morgan fingerprint density at radius 3 is 2.68 bits per heavy atom. The van der Waals surface area contributed by atoms with Crippen LogP contribution in [0.15, 0.2) is 41.8 Å². The number of non-ortho nitro benzene ring substituents is 1. The van der Waals surface area contributed by atoms with Gasteiger partial charge in [0.1, 0.15) is 12.6 Å². The van der Waals surface area contributed by atoms with E-state index in [1.54, 1.807) is 28.4 Å². The highest BCUT2D eigenvalue weighted by atomic mass is 32.1. The number of nitrogens with zero attached hydrogens (tertiary/aromatic N) is 3. The first-order valence-corrected chi connectivity index (χ1v) is 12.1. The third-order valence-corrected chi connectivity index (χ3v) is 6.76. The van der Waals surface area contributed by atoms with Crippen molar-refractivity contribution in [3.63, 3.8) is 0 Å². The Bertz CT molecular complexity index is 953. The molecule has 1 aromatic carbocycles. The lowest BCUT2D eigenvalue weighted by Gasteiger charge is -2.42. The number of nitro groups is 1. The number of hydrogen-bond acceptors (Lipinski definition) is 8. The average molecular weight is 490 g/mol. The molecule has 34 heavy (non-hydrogen) atoms. The normalized spacial score (nSPS) is 18.1. The number of carbonyl (C=O) groups excluding carboxylic acids is 2. The van der Waals surface area contributed by atoms with Crippen LogP contribution in [-0.2, 0) is 27.4 Å². The largest absolute Gasteiger partial charge is 0.375 e. The lowest BCUT2D eigenvalue weighted by atomic mass is 9.94. The molecule has 1 saturated heterocycles. The van der Waals surface area contributed by atoms with Crippen LogP contribution >= 0.6 is 11.3 Å². The van der Waals surface area contributed by atoms with E-state index in [0.717, 1.165) is 5.56 Å². The van der Waals surface area contributed by atoms with Gasteiger partial charge in [-0.1, -0.05) is 18.2 Å². The van der Waals surface area contributed by atoms with E-state index in [9.17, 15) is 19.7 Å². The quantitative estimate of drug-likeness (QED) is 0.363. The summed E-state index contributed by atoms with van der Waals surface area (Å²) in [5, 5.41) is 15.9. The van der Waals surface area contributed by atoms with E-state index < -0.39 is 11.0 Å². The van der Waals surface area contributed by atoms with E-state index in [4.69, 9.17) is 10.5 Å². The van der Waals surface area contributed by atoms with Crippen molar-refractivity contribution in [1.82, 2.24) is 15.1 Å². The number of nitrogens with two attached hydrogens (primary N) is 1. The van der Waals surface area contributed by atoms with Gasteiger partial charge in [0.25, 0.3) is 5.69 Å². The zero-order valence-corrected chi connectivity index (χ0v) is 20.0. The van der Waals surface area contributed by atoms with Crippen molar-refractivity contribution in [3.05, 3.63) is 62.3 Å². The highest BCUT2D eigenvalue weighted by molar-refractivity contribution is 7.09. The molecule has 1 aliphatic rings. The Morgan fingerprint density at radius 2 is 2.06 bits per heavy atom. The molecule has 1 fully saturated rings. The third kappa shape index (κ3) is 6.83. The summed E-state index contributed by atoms with van der Waals surface area (Å²) in [7, 11) is 1.46. The minimum Gasteiger partial charge on any atom is -0.375 e. The van der Waals surface area contributed by atoms with Gasteiger partial charge in [0, 0.05) is 62.9 Å². The second-order valence-corrected chi connectivity index (χ2v) is 9.23. The average Bonchev–Trinajstić information content (AvgIpc) is 3.35. The number of amides is 2. The predicted octanol–water partition coefficient (Wildman–Crippen LogP) is 1.74. The molecular weight excluding hydrogens is 458 g/mol. The first kappa shape index (κ1) is 25.8. The van der Waals surface area contributed by atoms with Crippen molar-refractivity contribution in [3.8, 4) is 0 Å². The van der Waals surface area contributed by atoms with E-state index >= 15 is 0 Å². The van der Waals surface area contributed by atoms with Gasteiger partial charge >= 0.3 is 0 Å². The van der Waals surface area contributed by atoms with Crippen LogP contribution < -0.4 is 11.1 Å². The number of carbonyl (C=O) groups is 2. The highest BCUT2D eigenvalue weighted by Gasteiger charge is 2.38. The number of nitrogens with one attached hydrogen (secondary N) is 1. The van der Waals surface area contributed by atoms with E-state index in [0.29, 0.717) is 45.6 Å². The Kier molecular flexibility index (Phi) is 9.52. The van der Waals surface area contributed by atoms with Gasteiger partial charge in [-0.25, -0.2) is 0 Å². The molecule has 1 aromatic heterocycles. The summed E-state index contributed by atoms with van der Waals surface area (Å²) in [6.07, 6.45) is 1.18. The van der Waals surface area contributed by atoms with Crippen molar-refractivity contribution < 1.29 is 19.2 Å². The van der Waals surface area contributed by atoms with Crippen LogP contribution in [0.2, 0.25) is 0 Å². The number of benzene rings is 1. The number of thiophene rings is 1. The fourth-order valence-electron chi connectivity index (χ4n) is 4.22. The minimum absolute atomic E-state index is 0.0394. The van der Waals surface area contributed by atoms with Gasteiger partial charge in [-0.3, -0.25) is 24.6 Å². The SMILES string of the molecule is COCC(=O)N1CCC(N(Cc2ccc([N+](=O)[O-])cc2)Cc2cccs2)C[C@@H]1C(=O)NCCN. The molecule has 184 valence electrons. The van der Waals surface area contributed by atoms with Gasteiger partial charge in [-0.2, -0.15) is 0 Å². The first-order chi connectivity index (χ1) is 16.4. The van der Waals surface area contributed by atoms with Crippen LogP contribution in [-0.4, -0.2) is 72.0 Å². The Hall–Kier alpha value is -2.86. The molecule has 1 aliphatic heterocycles. The molecule has 0 aliphatic carbocycles. The Balaban J connectivity index is 1.81. The van der Waals surface area contributed by atoms with Gasteiger partial charge < -0.3 is 20.7 Å². The molecule has 0 bridgehead atoms. The molecule has 0 radical (unpaired) electrons. The number of nitro benzene ring substituents is 1. The van der Waals surface area contributed by atoms with E-state index in [2.05, 4.69) is 16.3 Å². The van der Waals surface area contributed by atoms with Crippen LogP contribution in [0, 0.1) is 10.1 Å². The Labute approximate surface area is 202 Å². The molecule has 3 N–H and O–H groups in total. The van der Waals surface area contributed by atoms with E-state index in [-0.39, 0.29) is 30.2 Å². The summed E-state index contributed by atoms with van der Waals surface area (Å²) in [5.74, 6) is -0.431. The van der Waals surface area contributed by atoms with Gasteiger partial charge in [0.15, 0.2) is 0 Å². The maximum atomic E-state index is 12.9. The highest BCUT2D eigenvalue weighted by Crippen LogP contribution is 2.27. The Morgan fingerprint density at radius 1 is 1.29 bits per heavy atom. The maximum Gasteiger partial charge on any atom is 0.269 e. The molecule has 0 spiro atoms. The van der Waals surface area contributed by atoms with Crippen LogP contribution in [0.3, 0.4) is 0 Å². The predicted molar refractivity (Wildman–Crippen MR) is 129 cm³/mol. The molecule has 0 saturated carbocycles. The van der Waals surface area contributed by atoms with Crippen molar-refractivity contribution >= 4 is 28.8 Å². The number of hydrogen-bond donors (Lipinski definition) is 2. The number of methoxy groups -OCH3 is 1. The summed E-state index contributed by atoms with van der Waals surface area (Å²) < 4.78 is 5.02. The molecule has 3 rings (SSSR count). The van der Waals surface area contributed by atoms with Crippen molar-refractivity contribution in [2.75, 3.05) is 33.4 Å². The lowest BCUT2D eigenvalue weighted by Crippen LogP contribution is -2.58. The molecule has 11 heteroatoms. The third-order valence-electron chi connectivity index (χ3n) is 5.90. The number of ether oxygens (including phenoxy) is 1. The standard InChI is InChI=1S/C23H31N5O5S/c1-33-16-22(29)27-11-8-19(13-21(27)23(30)25-10-9-24)26(15-20-3-2-12-34-20)14-17-4-6-18(7-5-17)28(31)32/h2-7,12,19,21H,8-11,13-16,24H2,1H3,(H,25,30)/t19?,21-/m1/s1. The fraction of sp³-hybridized carbons (Fsp3) is 0.478. The number of likely N-dealkylation sites (tertiary alicyclic amines) is 1.